The summed E-state index contributed by atoms with van der Waals surface area (Å²) in [5, 5.41) is 10.4. The quantitative estimate of drug-likeness (QED) is 0.604. The van der Waals surface area contributed by atoms with Gasteiger partial charge in [0.1, 0.15) is 22.8 Å². The summed E-state index contributed by atoms with van der Waals surface area (Å²) >= 11 is 0. The first-order chi connectivity index (χ1) is 13.4. The number of carbonyl (C=O) groups is 1. The molecule has 0 spiro atoms. The van der Waals surface area contributed by atoms with Crippen LogP contribution in [-0.2, 0) is 0 Å². The number of ketones is 1. The fraction of sp³-hybridized carbons (Fsp3) is 0.286. The van der Waals surface area contributed by atoms with Gasteiger partial charge in [0, 0.05) is 17.2 Å². The van der Waals surface area contributed by atoms with Crippen molar-refractivity contribution in [1.82, 2.24) is 0 Å². The number of ether oxygens (including phenoxy) is 5. The Kier molecular flexibility index (Phi) is 6.61. The highest BCUT2D eigenvalue weighted by atomic mass is 16.5. The van der Waals surface area contributed by atoms with Gasteiger partial charge in [-0.1, -0.05) is 5.92 Å². The standard InChI is InChI=1S/C21H22O7/c1-12-15(24-2)11-16(25-3)19(20(12)23)14(22)8-7-13-9-17(26-4)21(28-6)18(10-13)27-5/h9-11,23H,1-6H3. The number of aromatic hydroxyl groups is 1. The Morgan fingerprint density at radius 3 is 1.82 bits per heavy atom. The molecule has 148 valence electrons. The molecule has 0 amide bonds. The lowest BCUT2D eigenvalue weighted by Crippen LogP contribution is -2.03. The number of benzene rings is 2. The number of phenols is 1. The van der Waals surface area contributed by atoms with Gasteiger partial charge in [-0.15, -0.1) is 0 Å². The van der Waals surface area contributed by atoms with Crippen LogP contribution in [0.1, 0.15) is 21.5 Å². The summed E-state index contributed by atoms with van der Waals surface area (Å²) in [4.78, 5) is 12.7. The van der Waals surface area contributed by atoms with E-state index in [1.165, 1.54) is 41.6 Å². The smallest absolute Gasteiger partial charge is 0.243 e. The summed E-state index contributed by atoms with van der Waals surface area (Å²) < 4.78 is 26.2. The van der Waals surface area contributed by atoms with Crippen molar-refractivity contribution in [2.24, 2.45) is 0 Å². The first-order valence-electron chi connectivity index (χ1n) is 8.22. The van der Waals surface area contributed by atoms with Gasteiger partial charge in [-0.05, 0) is 25.0 Å². The van der Waals surface area contributed by atoms with Crippen molar-refractivity contribution in [1.29, 1.82) is 0 Å². The summed E-state index contributed by atoms with van der Waals surface area (Å²) in [6, 6.07) is 4.78. The van der Waals surface area contributed by atoms with E-state index < -0.39 is 5.78 Å². The number of carbonyl (C=O) groups excluding carboxylic acids is 1. The molecule has 0 aliphatic heterocycles. The van der Waals surface area contributed by atoms with Crippen molar-refractivity contribution in [2.75, 3.05) is 35.5 Å². The second-order valence-corrected chi connectivity index (χ2v) is 5.62. The van der Waals surface area contributed by atoms with Crippen LogP contribution in [0.3, 0.4) is 0 Å². The molecule has 7 heteroatoms. The van der Waals surface area contributed by atoms with E-state index in [1.807, 2.05) is 0 Å². The Labute approximate surface area is 163 Å². The summed E-state index contributed by atoms with van der Waals surface area (Å²) in [6.45, 7) is 1.64. The molecule has 2 rings (SSSR count). The molecule has 2 aromatic rings. The molecule has 2 aromatic carbocycles. The van der Waals surface area contributed by atoms with Crippen molar-refractivity contribution >= 4 is 5.78 Å². The maximum atomic E-state index is 12.7. The molecule has 0 fully saturated rings. The lowest BCUT2D eigenvalue weighted by molar-refractivity contribution is 0.105. The van der Waals surface area contributed by atoms with Gasteiger partial charge in [0.05, 0.1) is 35.5 Å². The lowest BCUT2D eigenvalue weighted by Gasteiger charge is -2.13. The number of Topliss-reactive ketones (excluding diaryl/α,β-unsaturated/α-hetero) is 1. The zero-order chi connectivity index (χ0) is 20.8. The summed E-state index contributed by atoms with van der Waals surface area (Å²) in [6.07, 6.45) is 0. The molecule has 0 aliphatic rings. The normalized spacial score (nSPS) is 9.79. The molecule has 0 saturated carbocycles. The van der Waals surface area contributed by atoms with Crippen LogP contribution in [0.5, 0.6) is 34.5 Å². The third-order valence-corrected chi connectivity index (χ3v) is 4.12. The molecular weight excluding hydrogens is 364 g/mol. The van der Waals surface area contributed by atoms with E-state index in [0.717, 1.165) is 0 Å². The number of phenolic OH excluding ortho intramolecular Hbond substituents is 1. The largest absolute Gasteiger partial charge is 0.507 e. The monoisotopic (exact) mass is 386 g/mol. The molecule has 0 saturated heterocycles. The minimum Gasteiger partial charge on any atom is -0.507 e. The Morgan fingerprint density at radius 1 is 0.821 bits per heavy atom. The van der Waals surface area contributed by atoms with Crippen LogP contribution in [-0.4, -0.2) is 46.4 Å². The van der Waals surface area contributed by atoms with Crippen LogP contribution in [0.25, 0.3) is 0 Å². The molecule has 0 aromatic heterocycles. The Balaban J connectivity index is 2.51. The average Bonchev–Trinajstić information content (AvgIpc) is 2.72. The SMILES string of the molecule is COc1cc(OC)c(C(=O)C#Cc2cc(OC)c(OC)c(OC)c2)c(O)c1C. The van der Waals surface area contributed by atoms with Gasteiger partial charge in [-0.25, -0.2) is 0 Å². The van der Waals surface area contributed by atoms with Crippen LogP contribution < -0.4 is 23.7 Å². The van der Waals surface area contributed by atoms with Crippen molar-refractivity contribution < 1.29 is 33.6 Å². The molecular formula is C21H22O7. The third-order valence-electron chi connectivity index (χ3n) is 4.12. The van der Waals surface area contributed by atoms with Crippen molar-refractivity contribution in [3.05, 3.63) is 34.9 Å². The molecule has 0 heterocycles. The maximum absolute atomic E-state index is 12.7. The highest BCUT2D eigenvalue weighted by molar-refractivity contribution is 6.13. The van der Waals surface area contributed by atoms with Crippen molar-refractivity contribution in [2.45, 2.75) is 6.92 Å². The number of hydrogen-bond donors (Lipinski definition) is 1. The Hall–Kier alpha value is -3.53. The third kappa shape index (κ3) is 3.91. The van der Waals surface area contributed by atoms with Crippen LogP contribution >= 0.6 is 0 Å². The van der Waals surface area contributed by atoms with Gasteiger partial charge in [0.25, 0.3) is 0 Å². The van der Waals surface area contributed by atoms with Crippen molar-refractivity contribution in [3.63, 3.8) is 0 Å². The highest BCUT2D eigenvalue weighted by Crippen LogP contribution is 2.39. The molecule has 0 atom stereocenters. The van der Waals surface area contributed by atoms with E-state index in [4.69, 9.17) is 23.7 Å². The van der Waals surface area contributed by atoms with Gasteiger partial charge in [0.2, 0.25) is 11.5 Å². The molecule has 28 heavy (non-hydrogen) atoms. The van der Waals surface area contributed by atoms with Crippen LogP contribution in [0.15, 0.2) is 18.2 Å². The Morgan fingerprint density at radius 2 is 1.36 bits per heavy atom. The zero-order valence-electron chi connectivity index (χ0n) is 16.6. The van der Waals surface area contributed by atoms with E-state index >= 15 is 0 Å². The van der Waals surface area contributed by atoms with Crippen molar-refractivity contribution in [3.8, 4) is 46.3 Å². The summed E-state index contributed by atoms with van der Waals surface area (Å²) in [7, 11) is 7.33. The van der Waals surface area contributed by atoms with Crippen LogP contribution in [0, 0.1) is 18.8 Å². The number of rotatable bonds is 6. The average molecular weight is 386 g/mol. The molecule has 0 unspecified atom stereocenters. The van der Waals surface area contributed by atoms with E-state index in [9.17, 15) is 9.90 Å². The van der Waals surface area contributed by atoms with Crippen LogP contribution in [0.2, 0.25) is 0 Å². The fourth-order valence-corrected chi connectivity index (χ4v) is 2.66. The highest BCUT2D eigenvalue weighted by Gasteiger charge is 2.21. The van der Waals surface area contributed by atoms with Crippen LogP contribution in [0.4, 0.5) is 0 Å². The van der Waals surface area contributed by atoms with E-state index in [1.54, 1.807) is 19.1 Å². The second-order valence-electron chi connectivity index (χ2n) is 5.62. The molecule has 0 bridgehead atoms. The van der Waals surface area contributed by atoms with Gasteiger partial charge in [0.15, 0.2) is 11.5 Å². The first kappa shape index (κ1) is 20.8. The fourth-order valence-electron chi connectivity index (χ4n) is 2.66. The minimum atomic E-state index is -0.603. The predicted octanol–water partition coefficient (Wildman–Crippen LogP) is 2.98. The summed E-state index contributed by atoms with van der Waals surface area (Å²) in [5.74, 6) is 6.26. The number of hydrogen-bond acceptors (Lipinski definition) is 7. The summed E-state index contributed by atoms with van der Waals surface area (Å²) in [5.41, 5.74) is 0.869. The van der Waals surface area contributed by atoms with Gasteiger partial charge >= 0.3 is 0 Å². The van der Waals surface area contributed by atoms with Gasteiger partial charge in [-0.3, -0.25) is 4.79 Å². The first-order valence-corrected chi connectivity index (χ1v) is 8.22. The van der Waals surface area contributed by atoms with E-state index in [0.29, 0.717) is 34.1 Å². The zero-order valence-corrected chi connectivity index (χ0v) is 16.6. The van der Waals surface area contributed by atoms with E-state index in [2.05, 4.69) is 11.8 Å². The number of methoxy groups -OCH3 is 5. The van der Waals surface area contributed by atoms with Gasteiger partial charge < -0.3 is 28.8 Å². The minimum absolute atomic E-state index is 0.0271. The second kappa shape index (κ2) is 8.91. The topological polar surface area (TPSA) is 83.5 Å². The molecule has 7 nitrogen and oxygen atoms in total. The Bertz CT molecular complexity index is 926. The maximum Gasteiger partial charge on any atom is 0.243 e. The molecule has 1 N–H and O–H groups in total. The van der Waals surface area contributed by atoms with E-state index in [-0.39, 0.29) is 17.1 Å². The molecule has 0 radical (unpaired) electrons. The predicted molar refractivity (Wildman–Crippen MR) is 103 cm³/mol. The van der Waals surface area contributed by atoms with Gasteiger partial charge in [-0.2, -0.15) is 0 Å². The lowest BCUT2D eigenvalue weighted by atomic mass is 10.0. The molecule has 0 aliphatic carbocycles.